The Hall–Kier alpha value is -1.85. The van der Waals surface area contributed by atoms with Crippen LogP contribution in [0.5, 0.6) is 0 Å². The van der Waals surface area contributed by atoms with Gasteiger partial charge in [-0.25, -0.2) is 0 Å². The fourth-order valence-electron chi connectivity index (χ4n) is 2.84. The molecule has 148 valence electrons. The molecule has 0 radical (unpaired) electrons. The van der Waals surface area contributed by atoms with Gasteiger partial charge in [-0.3, -0.25) is 24.0 Å². The van der Waals surface area contributed by atoms with Gasteiger partial charge in [0.1, 0.15) is 5.60 Å². The molecule has 0 saturated carbocycles. The lowest BCUT2D eigenvalue weighted by molar-refractivity contribution is -0.277. The molecule has 0 aromatic heterocycles. The van der Waals surface area contributed by atoms with Gasteiger partial charge >= 0.3 is 0 Å². The van der Waals surface area contributed by atoms with Crippen LogP contribution in [0.15, 0.2) is 0 Å². The maximum absolute atomic E-state index is 12.2. The van der Waals surface area contributed by atoms with Crippen LogP contribution in [0.1, 0.15) is 41.5 Å². The van der Waals surface area contributed by atoms with E-state index < -0.39 is 57.4 Å². The fourth-order valence-corrected chi connectivity index (χ4v) is 2.84. The van der Waals surface area contributed by atoms with Gasteiger partial charge in [0.05, 0.1) is 0 Å². The van der Waals surface area contributed by atoms with Crippen LogP contribution in [0.2, 0.25) is 0 Å². The highest BCUT2D eigenvalue weighted by molar-refractivity contribution is 6.39. The molecule has 0 aromatic rings. The zero-order chi connectivity index (χ0) is 21.5. The van der Waals surface area contributed by atoms with Crippen molar-refractivity contribution in [3.8, 4) is 0 Å². The standard InChI is InChI=1S/C16H24O10/c1-7(17)11(21)13(5,23)14(6,24)16(26,10(4)20)15(25,9(3)19)12(22)8(2)18/h12,22-26H,1-6H3/t12?,13-,14+,15+,16-/m0/s1. The highest BCUT2D eigenvalue weighted by Gasteiger charge is 2.74. The summed E-state index contributed by atoms with van der Waals surface area (Å²) in [7, 11) is 0. The first-order valence-corrected chi connectivity index (χ1v) is 7.50. The van der Waals surface area contributed by atoms with Crippen molar-refractivity contribution in [3.63, 3.8) is 0 Å². The van der Waals surface area contributed by atoms with Crippen molar-refractivity contribution in [1.82, 2.24) is 0 Å². The molecule has 0 saturated heterocycles. The van der Waals surface area contributed by atoms with Gasteiger partial charge in [0, 0.05) is 6.92 Å². The molecule has 0 spiro atoms. The van der Waals surface area contributed by atoms with E-state index in [9.17, 15) is 49.5 Å². The van der Waals surface area contributed by atoms with Crippen molar-refractivity contribution in [2.45, 2.75) is 70.1 Å². The monoisotopic (exact) mass is 376 g/mol. The molecule has 0 heterocycles. The summed E-state index contributed by atoms with van der Waals surface area (Å²) >= 11 is 0. The number of aliphatic hydroxyl groups is 5. The summed E-state index contributed by atoms with van der Waals surface area (Å²) in [5, 5.41) is 52.7. The summed E-state index contributed by atoms with van der Waals surface area (Å²) in [6.07, 6.45) is -2.69. The van der Waals surface area contributed by atoms with E-state index >= 15 is 0 Å². The number of Topliss-reactive ketones (excluding diaryl/α,β-unsaturated/α-hetero) is 5. The topological polar surface area (TPSA) is 186 Å². The second kappa shape index (κ2) is 7.05. The Bertz CT molecular complexity index is 662. The summed E-state index contributed by atoms with van der Waals surface area (Å²) in [5.74, 6) is -7.23. The van der Waals surface area contributed by atoms with E-state index in [1.165, 1.54) is 0 Å². The quantitative estimate of drug-likeness (QED) is 0.264. The van der Waals surface area contributed by atoms with Crippen molar-refractivity contribution in [2.24, 2.45) is 0 Å². The van der Waals surface area contributed by atoms with E-state index in [2.05, 4.69) is 0 Å². The lowest BCUT2D eigenvalue weighted by Crippen LogP contribution is -2.82. The molecule has 10 heteroatoms. The van der Waals surface area contributed by atoms with Crippen LogP contribution < -0.4 is 0 Å². The Balaban J connectivity index is 7.06. The van der Waals surface area contributed by atoms with Crippen LogP contribution in [0.25, 0.3) is 0 Å². The zero-order valence-corrected chi connectivity index (χ0v) is 15.4. The highest BCUT2D eigenvalue weighted by Crippen LogP contribution is 2.43. The summed E-state index contributed by atoms with van der Waals surface area (Å²) in [5.41, 5.74) is -13.9. The fraction of sp³-hybridized carbons (Fsp3) is 0.688. The number of hydrogen-bond donors (Lipinski definition) is 5. The SMILES string of the molecule is CC(=O)C(=O)[C@](C)(O)[C@@](C)(O)[C@@](O)(C(C)=O)[C@@](O)(C(C)=O)C(O)C(C)=O. The van der Waals surface area contributed by atoms with E-state index in [-0.39, 0.29) is 0 Å². The van der Waals surface area contributed by atoms with Gasteiger partial charge in [0.15, 0.2) is 46.0 Å². The molecule has 0 fully saturated rings. The molecule has 10 nitrogen and oxygen atoms in total. The van der Waals surface area contributed by atoms with Crippen LogP contribution in [-0.4, -0.2) is 83.0 Å². The van der Waals surface area contributed by atoms with E-state index in [1.807, 2.05) is 0 Å². The molecule has 0 aromatic carbocycles. The zero-order valence-electron chi connectivity index (χ0n) is 15.4. The smallest absolute Gasteiger partial charge is 0.232 e. The van der Waals surface area contributed by atoms with Crippen molar-refractivity contribution in [1.29, 1.82) is 0 Å². The molecule has 0 aliphatic carbocycles. The Morgan fingerprint density at radius 1 is 0.769 bits per heavy atom. The summed E-state index contributed by atoms with van der Waals surface area (Å²) in [6.45, 7) is 3.75. The van der Waals surface area contributed by atoms with Crippen molar-refractivity contribution in [2.75, 3.05) is 0 Å². The molecule has 0 amide bonds. The normalized spacial score (nSPS) is 22.0. The van der Waals surface area contributed by atoms with Gasteiger partial charge in [0.25, 0.3) is 0 Å². The second-order valence-corrected chi connectivity index (χ2v) is 6.63. The molecular weight excluding hydrogens is 352 g/mol. The molecule has 5 N–H and O–H groups in total. The lowest BCUT2D eigenvalue weighted by Gasteiger charge is -2.53. The number of hydrogen-bond acceptors (Lipinski definition) is 10. The van der Waals surface area contributed by atoms with E-state index in [0.29, 0.717) is 27.7 Å². The number of rotatable bonds is 9. The molecule has 0 rings (SSSR count). The Morgan fingerprint density at radius 2 is 1.15 bits per heavy atom. The molecule has 0 aliphatic heterocycles. The van der Waals surface area contributed by atoms with E-state index in [0.717, 1.165) is 13.8 Å². The predicted molar refractivity (Wildman–Crippen MR) is 84.9 cm³/mol. The van der Waals surface area contributed by atoms with E-state index in [1.54, 1.807) is 0 Å². The summed E-state index contributed by atoms with van der Waals surface area (Å²) < 4.78 is 0. The third kappa shape index (κ3) is 3.03. The third-order valence-electron chi connectivity index (χ3n) is 4.79. The number of aliphatic hydroxyl groups excluding tert-OH is 1. The van der Waals surface area contributed by atoms with Crippen molar-refractivity contribution in [3.05, 3.63) is 0 Å². The first-order chi connectivity index (χ1) is 11.3. The summed E-state index contributed by atoms with van der Waals surface area (Å²) in [4.78, 5) is 59.1. The van der Waals surface area contributed by atoms with Crippen LogP contribution in [-0.2, 0) is 24.0 Å². The van der Waals surface area contributed by atoms with Crippen LogP contribution in [0, 0.1) is 0 Å². The Morgan fingerprint density at radius 3 is 1.38 bits per heavy atom. The number of carbonyl (C=O) groups excluding carboxylic acids is 5. The van der Waals surface area contributed by atoms with Gasteiger partial charge in [-0.05, 0) is 34.6 Å². The summed E-state index contributed by atoms with van der Waals surface area (Å²) in [6, 6.07) is 0. The maximum atomic E-state index is 12.2. The van der Waals surface area contributed by atoms with Crippen LogP contribution in [0.3, 0.4) is 0 Å². The first kappa shape index (κ1) is 24.1. The molecule has 5 atom stereocenters. The Labute approximate surface area is 149 Å². The van der Waals surface area contributed by atoms with Gasteiger partial charge < -0.3 is 25.5 Å². The van der Waals surface area contributed by atoms with Crippen LogP contribution in [0.4, 0.5) is 0 Å². The second-order valence-electron chi connectivity index (χ2n) is 6.63. The largest absolute Gasteiger partial charge is 0.383 e. The van der Waals surface area contributed by atoms with Crippen LogP contribution >= 0.6 is 0 Å². The molecule has 26 heavy (non-hydrogen) atoms. The minimum absolute atomic E-state index is 0.510. The lowest BCUT2D eigenvalue weighted by atomic mass is 9.59. The van der Waals surface area contributed by atoms with Crippen molar-refractivity contribution < 1.29 is 49.5 Å². The molecule has 0 aliphatic rings. The van der Waals surface area contributed by atoms with Gasteiger partial charge in [-0.1, -0.05) is 0 Å². The van der Waals surface area contributed by atoms with Crippen molar-refractivity contribution >= 4 is 28.9 Å². The average Bonchev–Trinajstić information content (AvgIpc) is 2.50. The molecule has 1 unspecified atom stereocenters. The number of ketones is 5. The number of carbonyl (C=O) groups is 5. The Kier molecular flexibility index (Phi) is 6.54. The van der Waals surface area contributed by atoms with Gasteiger partial charge in [-0.15, -0.1) is 0 Å². The molecular formula is C16H24O10. The van der Waals surface area contributed by atoms with Gasteiger partial charge in [0.2, 0.25) is 5.78 Å². The highest BCUT2D eigenvalue weighted by atomic mass is 16.4. The molecule has 0 bridgehead atoms. The third-order valence-corrected chi connectivity index (χ3v) is 4.79. The van der Waals surface area contributed by atoms with E-state index in [4.69, 9.17) is 0 Å². The minimum Gasteiger partial charge on any atom is -0.383 e. The average molecular weight is 376 g/mol. The maximum Gasteiger partial charge on any atom is 0.232 e. The minimum atomic E-state index is -3.74. The predicted octanol–water partition coefficient (Wildman–Crippen LogP) is -2.76. The van der Waals surface area contributed by atoms with Gasteiger partial charge in [-0.2, -0.15) is 0 Å². The first-order valence-electron chi connectivity index (χ1n) is 7.50.